The van der Waals surface area contributed by atoms with E-state index in [-0.39, 0.29) is 5.41 Å². The van der Waals surface area contributed by atoms with Crippen LogP contribution < -0.4 is 0 Å². The number of rotatable bonds is 1. The van der Waals surface area contributed by atoms with Crippen LogP contribution in [0, 0.1) is 18.3 Å². The number of aryl methyl sites for hydroxylation is 1. The van der Waals surface area contributed by atoms with Gasteiger partial charge in [-0.1, -0.05) is 0 Å². The minimum absolute atomic E-state index is 0.258. The number of nitriles is 1. The van der Waals surface area contributed by atoms with E-state index in [4.69, 9.17) is 5.26 Å². The van der Waals surface area contributed by atoms with Gasteiger partial charge in [0.15, 0.2) is 0 Å². The average Bonchev–Trinajstić information content (AvgIpc) is 2.03. The Balaban J connectivity index is 2.40. The molecule has 1 saturated carbocycles. The van der Waals surface area contributed by atoms with Gasteiger partial charge >= 0.3 is 0 Å². The van der Waals surface area contributed by atoms with Crippen molar-refractivity contribution in [3.05, 3.63) is 29.6 Å². The molecule has 1 aromatic heterocycles. The normalized spacial score (nSPS) is 18.8. The van der Waals surface area contributed by atoms with Gasteiger partial charge < -0.3 is 0 Å². The standard InChI is InChI=1S/C11H12N2/c1-9-3-6-13-10(7-9)11(8-12)4-2-5-11/h3,6-7H,2,4-5H2,1H3. The third kappa shape index (κ3) is 1.21. The summed E-state index contributed by atoms with van der Waals surface area (Å²) >= 11 is 0. The van der Waals surface area contributed by atoms with E-state index >= 15 is 0 Å². The molecular formula is C11H12N2. The second-order valence-electron chi connectivity index (χ2n) is 3.77. The molecule has 0 aromatic carbocycles. The van der Waals surface area contributed by atoms with Crippen LogP contribution in [-0.2, 0) is 5.41 Å². The first kappa shape index (κ1) is 8.25. The van der Waals surface area contributed by atoms with E-state index in [9.17, 15) is 0 Å². The molecular weight excluding hydrogens is 160 g/mol. The molecule has 0 amide bonds. The lowest BCUT2D eigenvalue weighted by Gasteiger charge is -2.34. The third-order valence-corrected chi connectivity index (χ3v) is 2.83. The van der Waals surface area contributed by atoms with Gasteiger partial charge in [-0.05, 0) is 43.9 Å². The Morgan fingerprint density at radius 1 is 1.54 bits per heavy atom. The van der Waals surface area contributed by atoms with Crippen molar-refractivity contribution in [1.82, 2.24) is 4.98 Å². The molecule has 0 saturated heterocycles. The highest BCUT2D eigenvalue weighted by atomic mass is 14.7. The maximum Gasteiger partial charge on any atom is 0.0993 e. The predicted octanol–water partition coefficient (Wildman–Crippen LogP) is 2.34. The summed E-state index contributed by atoms with van der Waals surface area (Å²) in [6.07, 6.45) is 4.89. The summed E-state index contributed by atoms with van der Waals surface area (Å²) < 4.78 is 0. The topological polar surface area (TPSA) is 36.7 Å². The lowest BCUT2D eigenvalue weighted by atomic mass is 9.67. The van der Waals surface area contributed by atoms with Crippen LogP contribution in [-0.4, -0.2) is 4.98 Å². The zero-order chi connectivity index (χ0) is 9.31. The first-order valence-corrected chi connectivity index (χ1v) is 4.61. The Morgan fingerprint density at radius 3 is 2.77 bits per heavy atom. The molecule has 2 heteroatoms. The van der Waals surface area contributed by atoms with Crippen molar-refractivity contribution in [2.45, 2.75) is 31.6 Å². The Bertz CT molecular complexity index is 359. The maximum atomic E-state index is 9.09. The Labute approximate surface area is 78.2 Å². The average molecular weight is 172 g/mol. The van der Waals surface area contributed by atoms with E-state index in [0.29, 0.717) is 0 Å². The SMILES string of the molecule is Cc1ccnc(C2(C#N)CCC2)c1. The Morgan fingerprint density at radius 2 is 2.31 bits per heavy atom. The van der Waals surface area contributed by atoms with Gasteiger partial charge in [0.1, 0.15) is 0 Å². The number of aromatic nitrogens is 1. The van der Waals surface area contributed by atoms with E-state index < -0.39 is 0 Å². The lowest BCUT2D eigenvalue weighted by Crippen LogP contribution is -2.33. The van der Waals surface area contributed by atoms with E-state index in [1.807, 2.05) is 19.1 Å². The van der Waals surface area contributed by atoms with Crippen LogP contribution in [0.2, 0.25) is 0 Å². The van der Waals surface area contributed by atoms with Crippen LogP contribution in [0.25, 0.3) is 0 Å². The number of pyridine rings is 1. The highest BCUT2D eigenvalue weighted by Gasteiger charge is 2.40. The summed E-state index contributed by atoms with van der Waals surface area (Å²) in [6, 6.07) is 6.39. The van der Waals surface area contributed by atoms with Crippen molar-refractivity contribution >= 4 is 0 Å². The molecule has 0 bridgehead atoms. The van der Waals surface area contributed by atoms with Gasteiger partial charge in [0.05, 0.1) is 17.2 Å². The van der Waals surface area contributed by atoms with Crippen LogP contribution in [0.5, 0.6) is 0 Å². The van der Waals surface area contributed by atoms with Crippen molar-refractivity contribution < 1.29 is 0 Å². The Hall–Kier alpha value is -1.36. The molecule has 0 aliphatic heterocycles. The van der Waals surface area contributed by atoms with Crippen LogP contribution in [0.3, 0.4) is 0 Å². The first-order chi connectivity index (χ1) is 6.27. The molecule has 1 aromatic rings. The van der Waals surface area contributed by atoms with Crippen molar-refractivity contribution in [2.24, 2.45) is 0 Å². The molecule has 1 heterocycles. The second kappa shape index (κ2) is 2.85. The van der Waals surface area contributed by atoms with Crippen LogP contribution in [0.1, 0.15) is 30.5 Å². The number of nitrogens with zero attached hydrogens (tertiary/aromatic N) is 2. The first-order valence-electron chi connectivity index (χ1n) is 4.61. The minimum atomic E-state index is -0.258. The zero-order valence-corrected chi connectivity index (χ0v) is 7.75. The molecule has 0 unspecified atom stereocenters. The van der Waals surface area contributed by atoms with E-state index in [0.717, 1.165) is 25.0 Å². The van der Waals surface area contributed by atoms with Gasteiger partial charge in [0.25, 0.3) is 0 Å². The molecule has 13 heavy (non-hydrogen) atoms. The fourth-order valence-corrected chi connectivity index (χ4v) is 1.75. The summed E-state index contributed by atoms with van der Waals surface area (Å²) in [4.78, 5) is 4.28. The fourth-order valence-electron chi connectivity index (χ4n) is 1.75. The van der Waals surface area contributed by atoms with E-state index in [1.165, 1.54) is 5.56 Å². The summed E-state index contributed by atoms with van der Waals surface area (Å²) in [6.45, 7) is 2.04. The van der Waals surface area contributed by atoms with E-state index in [2.05, 4.69) is 11.1 Å². The molecule has 0 radical (unpaired) electrons. The molecule has 2 rings (SSSR count). The quantitative estimate of drug-likeness (QED) is 0.652. The smallest absolute Gasteiger partial charge is 0.0993 e. The molecule has 1 fully saturated rings. The molecule has 66 valence electrons. The second-order valence-corrected chi connectivity index (χ2v) is 3.77. The summed E-state index contributed by atoms with van der Waals surface area (Å²) in [5.41, 5.74) is 1.89. The van der Waals surface area contributed by atoms with Crippen molar-refractivity contribution in [3.63, 3.8) is 0 Å². The fraction of sp³-hybridized carbons (Fsp3) is 0.455. The summed E-state index contributed by atoms with van der Waals surface area (Å²) in [7, 11) is 0. The van der Waals surface area contributed by atoms with Crippen LogP contribution >= 0.6 is 0 Å². The van der Waals surface area contributed by atoms with Gasteiger partial charge in [0.2, 0.25) is 0 Å². The van der Waals surface area contributed by atoms with Gasteiger partial charge in [-0.2, -0.15) is 5.26 Å². The van der Waals surface area contributed by atoms with Crippen molar-refractivity contribution in [2.75, 3.05) is 0 Å². The van der Waals surface area contributed by atoms with Crippen molar-refractivity contribution in [1.29, 1.82) is 5.26 Å². The van der Waals surface area contributed by atoms with Crippen LogP contribution in [0.15, 0.2) is 18.3 Å². The summed E-state index contributed by atoms with van der Waals surface area (Å²) in [5, 5.41) is 9.09. The van der Waals surface area contributed by atoms with Gasteiger partial charge in [-0.25, -0.2) is 0 Å². The molecule has 0 spiro atoms. The highest BCUT2D eigenvalue weighted by molar-refractivity contribution is 5.31. The van der Waals surface area contributed by atoms with Crippen molar-refractivity contribution in [3.8, 4) is 6.07 Å². The van der Waals surface area contributed by atoms with Gasteiger partial charge in [0, 0.05) is 6.20 Å². The maximum absolute atomic E-state index is 9.09. The van der Waals surface area contributed by atoms with Gasteiger partial charge in [-0.3, -0.25) is 4.98 Å². The molecule has 2 nitrogen and oxygen atoms in total. The predicted molar refractivity (Wildman–Crippen MR) is 50.1 cm³/mol. The monoisotopic (exact) mass is 172 g/mol. The van der Waals surface area contributed by atoms with Crippen LogP contribution in [0.4, 0.5) is 0 Å². The molecule has 0 atom stereocenters. The van der Waals surface area contributed by atoms with E-state index in [1.54, 1.807) is 6.20 Å². The Kier molecular flexibility index (Phi) is 1.81. The number of hydrogen-bond donors (Lipinski definition) is 0. The third-order valence-electron chi connectivity index (χ3n) is 2.83. The molecule has 1 aliphatic carbocycles. The largest absolute Gasteiger partial charge is 0.260 e. The van der Waals surface area contributed by atoms with Gasteiger partial charge in [-0.15, -0.1) is 0 Å². The zero-order valence-electron chi connectivity index (χ0n) is 7.75. The summed E-state index contributed by atoms with van der Waals surface area (Å²) in [5.74, 6) is 0. The molecule has 0 N–H and O–H groups in total. The highest BCUT2D eigenvalue weighted by Crippen LogP contribution is 2.42. The number of hydrogen-bond acceptors (Lipinski definition) is 2. The minimum Gasteiger partial charge on any atom is -0.260 e. The lowest BCUT2D eigenvalue weighted by molar-refractivity contribution is 0.316. The molecule has 1 aliphatic rings.